The van der Waals surface area contributed by atoms with E-state index in [0.29, 0.717) is 6.07 Å². The third-order valence-corrected chi connectivity index (χ3v) is 2.78. The van der Waals surface area contributed by atoms with Gasteiger partial charge in [-0.2, -0.15) is 0 Å². The number of benzene rings is 1. The molecular formula is C11H10F2N2O3. The predicted octanol–water partition coefficient (Wildman–Crippen LogP) is 1.20. The first-order valence-electron chi connectivity index (χ1n) is 5.14. The Labute approximate surface area is 101 Å². The second kappa shape index (κ2) is 4.25. The maximum Gasteiger partial charge on any atom is 0.305 e. The molecule has 1 aliphatic rings. The molecule has 1 aromatic carbocycles. The minimum Gasteiger partial charge on any atom is -0.481 e. The number of carbonyl (C=O) groups excluding carboxylic acids is 1. The Kier molecular flexibility index (Phi) is 2.90. The molecule has 0 aliphatic carbocycles. The van der Waals surface area contributed by atoms with E-state index in [4.69, 9.17) is 5.11 Å². The van der Waals surface area contributed by atoms with Crippen LogP contribution in [-0.4, -0.2) is 30.1 Å². The summed E-state index contributed by atoms with van der Waals surface area (Å²) in [5.74, 6) is -3.43. The zero-order valence-corrected chi connectivity index (χ0v) is 9.41. The van der Waals surface area contributed by atoms with Crippen LogP contribution in [-0.2, 0) is 9.59 Å². The van der Waals surface area contributed by atoms with Gasteiger partial charge < -0.3 is 15.3 Å². The van der Waals surface area contributed by atoms with E-state index >= 15 is 0 Å². The van der Waals surface area contributed by atoms with Crippen molar-refractivity contribution in [1.82, 2.24) is 0 Å². The van der Waals surface area contributed by atoms with Crippen LogP contribution in [0.1, 0.15) is 6.42 Å². The maximum absolute atomic E-state index is 13.6. The fourth-order valence-electron chi connectivity index (χ4n) is 1.96. The third-order valence-electron chi connectivity index (χ3n) is 2.78. The number of hydrogen-bond donors (Lipinski definition) is 2. The summed E-state index contributed by atoms with van der Waals surface area (Å²) in [5, 5.41) is 11.0. The summed E-state index contributed by atoms with van der Waals surface area (Å²) in [6.45, 7) is 0. The molecule has 7 heteroatoms. The molecular weight excluding hydrogens is 246 g/mol. The van der Waals surface area contributed by atoms with Crippen LogP contribution in [0.3, 0.4) is 0 Å². The summed E-state index contributed by atoms with van der Waals surface area (Å²) in [7, 11) is 1.40. The number of likely N-dealkylation sites (N-methyl/N-ethyl adjacent to an activating group) is 1. The van der Waals surface area contributed by atoms with Gasteiger partial charge in [-0.05, 0) is 6.07 Å². The average Bonchev–Trinajstić information content (AvgIpc) is 2.22. The van der Waals surface area contributed by atoms with E-state index in [-0.39, 0.29) is 11.4 Å². The number of nitrogens with one attached hydrogen (secondary N) is 1. The second-order valence-corrected chi connectivity index (χ2v) is 4.00. The van der Waals surface area contributed by atoms with Gasteiger partial charge in [0.25, 0.3) is 0 Å². The molecule has 1 amide bonds. The van der Waals surface area contributed by atoms with Crippen LogP contribution in [0, 0.1) is 11.6 Å². The van der Waals surface area contributed by atoms with E-state index < -0.39 is 36.0 Å². The maximum atomic E-state index is 13.6. The molecule has 18 heavy (non-hydrogen) atoms. The van der Waals surface area contributed by atoms with E-state index in [1.165, 1.54) is 11.9 Å². The summed E-state index contributed by atoms with van der Waals surface area (Å²) in [5.41, 5.74) is -0.0103. The number of hydrogen-bond acceptors (Lipinski definition) is 3. The van der Waals surface area contributed by atoms with Crippen molar-refractivity contribution in [1.29, 1.82) is 0 Å². The first-order chi connectivity index (χ1) is 8.40. The van der Waals surface area contributed by atoms with Crippen molar-refractivity contribution in [2.24, 2.45) is 0 Å². The monoisotopic (exact) mass is 256 g/mol. The highest BCUT2D eigenvalue weighted by Crippen LogP contribution is 2.35. The summed E-state index contributed by atoms with van der Waals surface area (Å²) in [4.78, 5) is 23.5. The number of fused-ring (bicyclic) bond motifs is 1. The molecule has 5 nitrogen and oxygen atoms in total. The van der Waals surface area contributed by atoms with Gasteiger partial charge in [0.2, 0.25) is 5.91 Å². The van der Waals surface area contributed by atoms with Gasteiger partial charge >= 0.3 is 5.97 Å². The van der Waals surface area contributed by atoms with Crippen molar-refractivity contribution in [3.63, 3.8) is 0 Å². The number of anilines is 2. The number of carboxylic acid groups (broad SMARTS) is 1. The normalized spacial score (nSPS) is 18.3. The minimum atomic E-state index is -1.17. The fourth-order valence-corrected chi connectivity index (χ4v) is 1.96. The standard InChI is InChI=1S/C11H10F2N2O3/c1-15-8(4-9(16)17)11(18)14-7-3-5(12)2-6(13)10(7)15/h2-3,8H,4H2,1H3,(H,14,18)(H,16,17). The summed E-state index contributed by atoms with van der Waals surface area (Å²) in [6.07, 6.45) is -0.460. The van der Waals surface area contributed by atoms with Gasteiger partial charge in [-0.15, -0.1) is 0 Å². The Bertz CT molecular complexity index is 533. The van der Waals surface area contributed by atoms with Gasteiger partial charge in [0.15, 0.2) is 5.82 Å². The van der Waals surface area contributed by atoms with E-state index in [0.717, 1.165) is 6.07 Å². The Hall–Kier alpha value is -2.18. The first kappa shape index (κ1) is 12.3. The molecule has 1 unspecified atom stereocenters. The largest absolute Gasteiger partial charge is 0.481 e. The highest BCUT2D eigenvalue weighted by Gasteiger charge is 2.34. The molecule has 2 rings (SSSR count). The summed E-state index contributed by atoms with van der Waals surface area (Å²) >= 11 is 0. The van der Waals surface area contributed by atoms with Crippen molar-refractivity contribution >= 4 is 23.3 Å². The van der Waals surface area contributed by atoms with E-state index in [2.05, 4.69) is 5.32 Å². The lowest BCUT2D eigenvalue weighted by atomic mass is 10.1. The van der Waals surface area contributed by atoms with Crippen molar-refractivity contribution in [2.75, 3.05) is 17.3 Å². The van der Waals surface area contributed by atoms with E-state index in [9.17, 15) is 18.4 Å². The highest BCUT2D eigenvalue weighted by atomic mass is 19.1. The molecule has 0 fully saturated rings. The molecule has 1 aromatic rings. The Morgan fingerprint density at radius 3 is 2.78 bits per heavy atom. The van der Waals surface area contributed by atoms with Gasteiger partial charge in [-0.1, -0.05) is 0 Å². The SMILES string of the molecule is CN1c2c(F)cc(F)cc2NC(=O)C1CC(=O)O. The quantitative estimate of drug-likeness (QED) is 0.834. The van der Waals surface area contributed by atoms with Gasteiger partial charge in [0.05, 0.1) is 17.8 Å². The smallest absolute Gasteiger partial charge is 0.305 e. The number of rotatable bonds is 2. The van der Waals surface area contributed by atoms with Crippen LogP contribution < -0.4 is 10.2 Å². The summed E-state index contributed by atoms with van der Waals surface area (Å²) < 4.78 is 26.7. The third kappa shape index (κ3) is 1.99. The van der Waals surface area contributed by atoms with Gasteiger partial charge in [-0.25, -0.2) is 8.78 Å². The number of nitrogens with zero attached hydrogens (tertiary/aromatic N) is 1. The van der Waals surface area contributed by atoms with Gasteiger partial charge in [0, 0.05) is 13.1 Å². The number of carbonyl (C=O) groups is 2. The second-order valence-electron chi connectivity index (χ2n) is 4.00. The number of amides is 1. The van der Waals surface area contributed by atoms with Crippen LogP contribution in [0.5, 0.6) is 0 Å². The molecule has 0 spiro atoms. The Morgan fingerprint density at radius 2 is 2.17 bits per heavy atom. The average molecular weight is 256 g/mol. The van der Waals surface area contributed by atoms with Crippen molar-refractivity contribution in [3.8, 4) is 0 Å². The van der Waals surface area contributed by atoms with Crippen molar-refractivity contribution in [2.45, 2.75) is 12.5 Å². The molecule has 1 atom stereocenters. The fraction of sp³-hybridized carbons (Fsp3) is 0.273. The van der Waals surface area contributed by atoms with Crippen LogP contribution >= 0.6 is 0 Å². The van der Waals surface area contributed by atoms with Crippen molar-refractivity contribution in [3.05, 3.63) is 23.8 Å². The predicted molar refractivity (Wildman–Crippen MR) is 59.4 cm³/mol. The molecule has 1 aliphatic heterocycles. The first-order valence-corrected chi connectivity index (χ1v) is 5.14. The zero-order valence-electron chi connectivity index (χ0n) is 9.41. The van der Waals surface area contributed by atoms with Crippen LogP contribution in [0.15, 0.2) is 12.1 Å². The molecule has 0 bridgehead atoms. The van der Waals surface area contributed by atoms with Crippen LogP contribution in [0.2, 0.25) is 0 Å². The summed E-state index contributed by atoms with van der Waals surface area (Å²) in [6, 6.07) is 0.656. The Balaban J connectivity index is 2.45. The molecule has 2 N–H and O–H groups in total. The molecule has 0 saturated carbocycles. The van der Waals surface area contributed by atoms with E-state index in [1.807, 2.05) is 0 Å². The van der Waals surface area contributed by atoms with E-state index in [1.54, 1.807) is 0 Å². The Morgan fingerprint density at radius 1 is 1.50 bits per heavy atom. The molecule has 0 radical (unpaired) electrons. The van der Waals surface area contributed by atoms with Crippen LogP contribution in [0.25, 0.3) is 0 Å². The lowest BCUT2D eigenvalue weighted by molar-refractivity contribution is -0.138. The number of aliphatic carboxylic acids is 1. The van der Waals surface area contributed by atoms with Crippen molar-refractivity contribution < 1.29 is 23.5 Å². The minimum absolute atomic E-state index is 0.00152. The molecule has 1 heterocycles. The molecule has 0 saturated heterocycles. The lowest BCUT2D eigenvalue weighted by Gasteiger charge is -2.34. The highest BCUT2D eigenvalue weighted by molar-refractivity contribution is 6.04. The number of carboxylic acids is 1. The topological polar surface area (TPSA) is 69.6 Å². The lowest BCUT2D eigenvalue weighted by Crippen LogP contribution is -2.47. The number of halogens is 2. The zero-order chi connectivity index (χ0) is 13.4. The molecule has 0 aromatic heterocycles. The van der Waals surface area contributed by atoms with Gasteiger partial charge in [-0.3, -0.25) is 9.59 Å². The van der Waals surface area contributed by atoms with Crippen LogP contribution in [0.4, 0.5) is 20.2 Å². The van der Waals surface area contributed by atoms with Gasteiger partial charge in [0.1, 0.15) is 11.9 Å². The molecule has 96 valence electrons.